The molecule has 1 amide bonds. The van der Waals surface area contributed by atoms with Gasteiger partial charge >= 0.3 is 6.18 Å². The zero-order valence-electron chi connectivity index (χ0n) is 12.5. The Bertz CT molecular complexity index is 727. The number of allylic oxidation sites excluding steroid dienone is 2. The molecule has 10 heteroatoms. The molecule has 0 radical (unpaired) electrons. The van der Waals surface area contributed by atoms with E-state index < -0.39 is 18.0 Å². The number of aromatic nitrogens is 3. The monoisotopic (exact) mass is 340 g/mol. The van der Waals surface area contributed by atoms with Crippen molar-refractivity contribution in [3.05, 3.63) is 30.1 Å². The smallest absolute Gasteiger partial charge is 0.363 e. The van der Waals surface area contributed by atoms with E-state index in [4.69, 9.17) is 5.73 Å². The summed E-state index contributed by atoms with van der Waals surface area (Å²) in [6.07, 6.45) is 2.20. The summed E-state index contributed by atoms with van der Waals surface area (Å²) in [5, 5.41) is 6.81. The number of carbonyl (C=O) groups excluding carboxylic acids is 1. The van der Waals surface area contributed by atoms with Gasteiger partial charge in [-0.05, 0) is 24.8 Å². The van der Waals surface area contributed by atoms with Crippen LogP contribution in [0.5, 0.6) is 0 Å². The third kappa shape index (κ3) is 3.31. The first-order chi connectivity index (χ1) is 11.3. The van der Waals surface area contributed by atoms with E-state index in [1.165, 1.54) is 17.2 Å². The zero-order chi connectivity index (χ0) is 17.3. The number of rotatable bonds is 4. The molecule has 3 rings (SSSR count). The van der Waals surface area contributed by atoms with Crippen molar-refractivity contribution in [3.8, 4) is 0 Å². The Labute approximate surface area is 135 Å². The molecule has 0 atom stereocenters. The van der Waals surface area contributed by atoms with Crippen LogP contribution in [0.15, 0.2) is 23.5 Å². The van der Waals surface area contributed by atoms with E-state index in [1.54, 1.807) is 12.3 Å². The summed E-state index contributed by atoms with van der Waals surface area (Å²) >= 11 is 0. The Morgan fingerprint density at radius 2 is 2.17 bits per heavy atom. The van der Waals surface area contributed by atoms with Gasteiger partial charge in [0, 0.05) is 24.5 Å². The van der Waals surface area contributed by atoms with E-state index in [-0.39, 0.29) is 31.1 Å². The van der Waals surface area contributed by atoms with Gasteiger partial charge in [-0.3, -0.25) is 4.79 Å². The Balaban J connectivity index is 1.81. The molecule has 128 valence electrons. The predicted octanol–water partition coefficient (Wildman–Crippen LogP) is 1.45. The first-order valence-electron chi connectivity index (χ1n) is 7.30. The lowest BCUT2D eigenvalue weighted by molar-refractivity contribution is -0.205. The van der Waals surface area contributed by atoms with Gasteiger partial charge < -0.3 is 11.1 Å². The molecule has 1 aromatic rings. The van der Waals surface area contributed by atoms with Gasteiger partial charge in [0.1, 0.15) is 0 Å². The summed E-state index contributed by atoms with van der Waals surface area (Å²) in [4.78, 5) is 19.4. The number of alkyl halides is 3. The summed E-state index contributed by atoms with van der Waals surface area (Å²) in [7, 11) is 0. The average molecular weight is 340 g/mol. The molecule has 2 aliphatic rings. The molecule has 0 aromatic carbocycles. The van der Waals surface area contributed by atoms with E-state index in [1.807, 2.05) is 0 Å². The van der Waals surface area contributed by atoms with Crippen molar-refractivity contribution in [3.63, 3.8) is 0 Å². The molecule has 7 nitrogen and oxygen atoms in total. The van der Waals surface area contributed by atoms with Crippen molar-refractivity contribution in [2.75, 3.05) is 0 Å². The molecular formula is C14H15F3N6O. The SMILES string of the molecule is NC(=O)c1nc(C2=CN=CNC=C2)n(CC2CC(C(F)(F)F)C2)n1. The zero-order valence-corrected chi connectivity index (χ0v) is 12.5. The second-order valence-corrected chi connectivity index (χ2v) is 5.74. The van der Waals surface area contributed by atoms with Gasteiger partial charge in [0.15, 0.2) is 5.82 Å². The largest absolute Gasteiger partial charge is 0.391 e. The van der Waals surface area contributed by atoms with E-state index >= 15 is 0 Å². The lowest BCUT2D eigenvalue weighted by atomic mass is 9.74. The molecule has 1 aliphatic heterocycles. The van der Waals surface area contributed by atoms with Crippen LogP contribution in [0.2, 0.25) is 0 Å². The van der Waals surface area contributed by atoms with Crippen molar-refractivity contribution < 1.29 is 18.0 Å². The average Bonchev–Trinajstić information content (AvgIpc) is 2.68. The topological polar surface area (TPSA) is 98.2 Å². The summed E-state index contributed by atoms with van der Waals surface area (Å²) < 4.78 is 39.2. The molecular weight excluding hydrogens is 325 g/mol. The molecule has 1 aromatic heterocycles. The molecule has 2 heterocycles. The Morgan fingerprint density at radius 1 is 1.42 bits per heavy atom. The first kappa shape index (κ1) is 16.2. The fourth-order valence-electron chi connectivity index (χ4n) is 2.70. The highest BCUT2D eigenvalue weighted by Gasteiger charge is 2.47. The Morgan fingerprint density at radius 3 is 2.83 bits per heavy atom. The third-order valence-electron chi connectivity index (χ3n) is 4.00. The Hall–Kier alpha value is -2.65. The number of nitrogens with zero attached hydrogens (tertiary/aromatic N) is 4. The number of hydrogen-bond acceptors (Lipinski definition) is 5. The number of halogens is 3. The highest BCUT2D eigenvalue weighted by atomic mass is 19.4. The van der Waals surface area contributed by atoms with Crippen molar-refractivity contribution >= 4 is 17.8 Å². The van der Waals surface area contributed by atoms with Gasteiger partial charge in [0.25, 0.3) is 5.91 Å². The highest BCUT2D eigenvalue weighted by molar-refractivity contribution is 5.89. The fourth-order valence-corrected chi connectivity index (χ4v) is 2.70. The molecule has 0 bridgehead atoms. The van der Waals surface area contributed by atoms with Crippen LogP contribution in [0.25, 0.3) is 5.57 Å². The quantitative estimate of drug-likeness (QED) is 0.867. The first-order valence-corrected chi connectivity index (χ1v) is 7.30. The number of carbonyl (C=O) groups is 1. The maximum absolute atomic E-state index is 12.6. The highest BCUT2D eigenvalue weighted by Crippen LogP contribution is 2.45. The van der Waals surface area contributed by atoms with Gasteiger partial charge in [-0.2, -0.15) is 13.2 Å². The van der Waals surface area contributed by atoms with Crippen LogP contribution in [0.3, 0.4) is 0 Å². The van der Waals surface area contributed by atoms with Crippen molar-refractivity contribution in [1.29, 1.82) is 0 Å². The van der Waals surface area contributed by atoms with Crippen molar-refractivity contribution in [1.82, 2.24) is 20.1 Å². The summed E-state index contributed by atoms with van der Waals surface area (Å²) in [6, 6.07) is 0. The van der Waals surface area contributed by atoms with Gasteiger partial charge in [0.05, 0.1) is 12.3 Å². The van der Waals surface area contributed by atoms with Crippen LogP contribution >= 0.6 is 0 Å². The maximum atomic E-state index is 12.6. The number of aliphatic imine (C=N–C) groups is 1. The second kappa shape index (κ2) is 6.10. The van der Waals surface area contributed by atoms with Crippen LogP contribution in [0.4, 0.5) is 13.2 Å². The predicted molar refractivity (Wildman–Crippen MR) is 79.6 cm³/mol. The standard InChI is InChI=1S/C14H15F3N6O/c15-14(16,17)10-3-8(4-10)6-23-13(21-12(22-23)11(18)24)9-1-2-19-7-20-5-9/h1-2,5,7-8,10H,3-4,6H2,(H2,18,24)(H,19,20). The van der Waals surface area contributed by atoms with Gasteiger partial charge in [-0.25, -0.2) is 14.7 Å². The lowest BCUT2D eigenvalue weighted by Gasteiger charge is -2.36. The molecule has 1 aliphatic carbocycles. The minimum Gasteiger partial charge on any atom is -0.363 e. The minimum atomic E-state index is -4.16. The number of nitrogens with two attached hydrogens (primary N) is 1. The van der Waals surface area contributed by atoms with E-state index in [0.29, 0.717) is 11.4 Å². The van der Waals surface area contributed by atoms with E-state index in [0.717, 1.165) is 0 Å². The van der Waals surface area contributed by atoms with Crippen LogP contribution in [0.1, 0.15) is 29.3 Å². The van der Waals surface area contributed by atoms with Crippen molar-refractivity contribution in [2.24, 2.45) is 22.6 Å². The maximum Gasteiger partial charge on any atom is 0.391 e. The van der Waals surface area contributed by atoms with E-state index in [9.17, 15) is 18.0 Å². The molecule has 0 unspecified atom stereocenters. The molecule has 24 heavy (non-hydrogen) atoms. The van der Waals surface area contributed by atoms with Crippen LogP contribution in [-0.4, -0.2) is 33.2 Å². The van der Waals surface area contributed by atoms with Crippen molar-refractivity contribution in [2.45, 2.75) is 25.6 Å². The fraction of sp³-hybridized carbons (Fsp3) is 0.429. The lowest BCUT2D eigenvalue weighted by Crippen LogP contribution is -2.37. The van der Waals surface area contributed by atoms with Crippen LogP contribution in [-0.2, 0) is 6.54 Å². The number of nitrogens with one attached hydrogen (secondary N) is 1. The van der Waals surface area contributed by atoms with E-state index in [2.05, 4.69) is 20.4 Å². The number of amides is 1. The Kier molecular flexibility index (Phi) is 4.12. The van der Waals surface area contributed by atoms with Gasteiger partial charge in [-0.1, -0.05) is 0 Å². The number of primary amides is 1. The van der Waals surface area contributed by atoms with Gasteiger partial charge in [-0.15, -0.1) is 5.10 Å². The normalized spacial score (nSPS) is 23.2. The minimum absolute atomic E-state index is 0.0449. The number of hydrogen-bond donors (Lipinski definition) is 2. The molecule has 3 N–H and O–H groups in total. The molecule has 1 fully saturated rings. The summed E-state index contributed by atoms with van der Waals surface area (Å²) in [5.41, 5.74) is 5.78. The molecule has 0 spiro atoms. The second-order valence-electron chi connectivity index (χ2n) is 5.74. The van der Waals surface area contributed by atoms with Crippen LogP contribution < -0.4 is 11.1 Å². The molecule has 0 saturated heterocycles. The summed E-state index contributed by atoms with van der Waals surface area (Å²) in [5.74, 6) is -2.06. The summed E-state index contributed by atoms with van der Waals surface area (Å²) in [6.45, 7) is 0.241. The molecule has 1 saturated carbocycles. The van der Waals surface area contributed by atoms with Gasteiger partial charge in [0.2, 0.25) is 5.82 Å². The van der Waals surface area contributed by atoms with Crippen LogP contribution in [0, 0.1) is 11.8 Å². The third-order valence-corrected chi connectivity index (χ3v) is 4.00.